The second-order valence-electron chi connectivity index (χ2n) is 3.76. The summed E-state index contributed by atoms with van der Waals surface area (Å²) in [7, 11) is 0. The van der Waals surface area contributed by atoms with Crippen LogP contribution in [-0.4, -0.2) is 18.4 Å². The van der Waals surface area contributed by atoms with Crippen molar-refractivity contribution in [1.29, 1.82) is 0 Å². The van der Waals surface area contributed by atoms with E-state index in [9.17, 15) is 9.59 Å². The van der Waals surface area contributed by atoms with Crippen LogP contribution in [0.1, 0.15) is 28.8 Å². The Hall–Kier alpha value is -1.90. The van der Waals surface area contributed by atoms with Gasteiger partial charge in [0.1, 0.15) is 6.61 Å². The SMILES string of the molecule is C=CCOC(=O)CCC(=O)c1ccc(C)cc1. The molecule has 0 unspecified atom stereocenters. The zero-order chi connectivity index (χ0) is 12.7. The quantitative estimate of drug-likeness (QED) is 0.430. The van der Waals surface area contributed by atoms with Crippen molar-refractivity contribution < 1.29 is 14.3 Å². The molecule has 0 aliphatic heterocycles. The van der Waals surface area contributed by atoms with E-state index in [2.05, 4.69) is 6.58 Å². The van der Waals surface area contributed by atoms with Gasteiger partial charge in [0.2, 0.25) is 0 Å². The molecule has 0 spiro atoms. The van der Waals surface area contributed by atoms with Gasteiger partial charge in [0.15, 0.2) is 5.78 Å². The summed E-state index contributed by atoms with van der Waals surface area (Å²) in [6.07, 6.45) is 1.79. The predicted octanol–water partition coefficient (Wildman–Crippen LogP) is 2.69. The first-order valence-electron chi connectivity index (χ1n) is 5.50. The predicted molar refractivity (Wildman–Crippen MR) is 65.9 cm³/mol. The van der Waals surface area contributed by atoms with Gasteiger partial charge in [0.25, 0.3) is 0 Å². The number of ether oxygens (including phenoxy) is 1. The number of hydrogen-bond donors (Lipinski definition) is 0. The lowest BCUT2D eigenvalue weighted by atomic mass is 10.1. The van der Waals surface area contributed by atoms with Crippen molar-refractivity contribution in [2.75, 3.05) is 6.61 Å². The van der Waals surface area contributed by atoms with Crippen LogP contribution in [0.2, 0.25) is 0 Å². The van der Waals surface area contributed by atoms with Crippen LogP contribution in [0, 0.1) is 6.92 Å². The van der Waals surface area contributed by atoms with Gasteiger partial charge in [0, 0.05) is 12.0 Å². The van der Waals surface area contributed by atoms with Crippen LogP contribution in [0.4, 0.5) is 0 Å². The molecule has 0 aliphatic carbocycles. The standard InChI is InChI=1S/C14H16O3/c1-3-10-17-14(16)9-8-13(15)12-6-4-11(2)5-7-12/h3-7H,1,8-10H2,2H3. The zero-order valence-electron chi connectivity index (χ0n) is 9.94. The summed E-state index contributed by atoms with van der Waals surface area (Å²) in [5.74, 6) is -0.411. The molecule has 0 N–H and O–H groups in total. The van der Waals surface area contributed by atoms with Gasteiger partial charge in [-0.2, -0.15) is 0 Å². The molecule has 0 fully saturated rings. The highest BCUT2D eigenvalue weighted by atomic mass is 16.5. The van der Waals surface area contributed by atoms with Crippen LogP contribution in [-0.2, 0) is 9.53 Å². The highest BCUT2D eigenvalue weighted by molar-refractivity contribution is 5.97. The monoisotopic (exact) mass is 232 g/mol. The Balaban J connectivity index is 2.42. The minimum atomic E-state index is -0.370. The average Bonchev–Trinajstić information content (AvgIpc) is 2.34. The van der Waals surface area contributed by atoms with E-state index in [0.29, 0.717) is 5.56 Å². The zero-order valence-corrected chi connectivity index (χ0v) is 9.94. The van der Waals surface area contributed by atoms with Gasteiger partial charge in [-0.1, -0.05) is 42.5 Å². The van der Waals surface area contributed by atoms with E-state index in [1.165, 1.54) is 6.08 Å². The fourth-order valence-corrected chi connectivity index (χ4v) is 1.32. The maximum atomic E-state index is 11.7. The van der Waals surface area contributed by atoms with Crippen LogP contribution < -0.4 is 0 Å². The number of rotatable bonds is 6. The molecule has 17 heavy (non-hydrogen) atoms. The van der Waals surface area contributed by atoms with Gasteiger partial charge < -0.3 is 4.74 Å². The summed E-state index contributed by atoms with van der Waals surface area (Å²) in [6, 6.07) is 7.30. The molecule has 0 atom stereocenters. The number of ketones is 1. The van der Waals surface area contributed by atoms with Crippen LogP contribution in [0.15, 0.2) is 36.9 Å². The topological polar surface area (TPSA) is 43.4 Å². The fourth-order valence-electron chi connectivity index (χ4n) is 1.32. The van der Waals surface area contributed by atoms with Gasteiger partial charge in [0.05, 0.1) is 6.42 Å². The van der Waals surface area contributed by atoms with Crippen molar-refractivity contribution in [1.82, 2.24) is 0 Å². The van der Waals surface area contributed by atoms with E-state index in [1.807, 2.05) is 19.1 Å². The molecule has 0 saturated carbocycles. The number of benzene rings is 1. The summed E-state index contributed by atoms with van der Waals surface area (Å²) in [6.45, 7) is 5.59. The van der Waals surface area contributed by atoms with Crippen LogP contribution >= 0.6 is 0 Å². The molecular formula is C14H16O3. The second-order valence-corrected chi connectivity index (χ2v) is 3.76. The van der Waals surface area contributed by atoms with Gasteiger partial charge >= 0.3 is 5.97 Å². The molecule has 0 saturated heterocycles. The normalized spacial score (nSPS) is 9.71. The lowest BCUT2D eigenvalue weighted by Gasteiger charge is -2.02. The molecule has 0 aromatic heterocycles. The minimum absolute atomic E-state index is 0.0412. The van der Waals surface area contributed by atoms with Gasteiger partial charge in [-0.15, -0.1) is 0 Å². The second kappa shape index (κ2) is 6.63. The van der Waals surface area contributed by atoms with Crippen molar-refractivity contribution >= 4 is 11.8 Å². The number of carbonyl (C=O) groups excluding carboxylic acids is 2. The van der Waals surface area contributed by atoms with Crippen molar-refractivity contribution in [3.05, 3.63) is 48.0 Å². The Kier molecular flexibility index (Phi) is 5.14. The molecular weight excluding hydrogens is 216 g/mol. The summed E-state index contributed by atoms with van der Waals surface area (Å²) in [4.78, 5) is 22.9. The van der Waals surface area contributed by atoms with E-state index in [1.54, 1.807) is 12.1 Å². The molecule has 0 radical (unpaired) electrons. The van der Waals surface area contributed by atoms with Crippen LogP contribution in [0.25, 0.3) is 0 Å². The Bertz CT molecular complexity index is 404. The Morgan fingerprint density at radius 1 is 1.24 bits per heavy atom. The molecule has 3 nitrogen and oxygen atoms in total. The maximum Gasteiger partial charge on any atom is 0.306 e. The molecule has 1 aromatic rings. The summed E-state index contributed by atoms with van der Waals surface area (Å²) in [5.41, 5.74) is 1.74. The molecule has 0 heterocycles. The minimum Gasteiger partial charge on any atom is -0.461 e. The maximum absolute atomic E-state index is 11.7. The first-order chi connectivity index (χ1) is 8.13. The highest BCUT2D eigenvalue weighted by Crippen LogP contribution is 2.08. The van der Waals surface area contributed by atoms with Crippen molar-refractivity contribution in [2.45, 2.75) is 19.8 Å². The third-order valence-corrected chi connectivity index (χ3v) is 2.29. The lowest BCUT2D eigenvalue weighted by Crippen LogP contribution is -2.08. The summed E-state index contributed by atoms with van der Waals surface area (Å²) in [5, 5.41) is 0. The first-order valence-corrected chi connectivity index (χ1v) is 5.50. The summed E-state index contributed by atoms with van der Waals surface area (Å²) >= 11 is 0. The van der Waals surface area contributed by atoms with Crippen LogP contribution in [0.5, 0.6) is 0 Å². The van der Waals surface area contributed by atoms with Crippen molar-refractivity contribution in [2.24, 2.45) is 0 Å². The lowest BCUT2D eigenvalue weighted by molar-refractivity contribution is -0.142. The fraction of sp³-hybridized carbons (Fsp3) is 0.286. The van der Waals surface area contributed by atoms with E-state index in [4.69, 9.17) is 4.74 Å². The third-order valence-electron chi connectivity index (χ3n) is 2.29. The average molecular weight is 232 g/mol. The summed E-state index contributed by atoms with van der Waals surface area (Å²) < 4.78 is 4.79. The Morgan fingerprint density at radius 3 is 2.47 bits per heavy atom. The number of esters is 1. The number of carbonyl (C=O) groups is 2. The molecule has 0 aliphatic rings. The van der Waals surface area contributed by atoms with E-state index < -0.39 is 0 Å². The van der Waals surface area contributed by atoms with Crippen molar-refractivity contribution in [3.63, 3.8) is 0 Å². The number of hydrogen-bond acceptors (Lipinski definition) is 3. The molecule has 0 bridgehead atoms. The smallest absolute Gasteiger partial charge is 0.306 e. The van der Waals surface area contributed by atoms with E-state index in [0.717, 1.165) is 5.56 Å². The van der Waals surface area contributed by atoms with Gasteiger partial charge in [-0.3, -0.25) is 9.59 Å². The highest BCUT2D eigenvalue weighted by Gasteiger charge is 2.09. The van der Waals surface area contributed by atoms with E-state index in [-0.39, 0.29) is 31.2 Å². The number of aryl methyl sites for hydroxylation is 1. The van der Waals surface area contributed by atoms with Gasteiger partial charge in [-0.05, 0) is 6.92 Å². The molecule has 3 heteroatoms. The van der Waals surface area contributed by atoms with Crippen molar-refractivity contribution in [3.8, 4) is 0 Å². The van der Waals surface area contributed by atoms with E-state index >= 15 is 0 Å². The Labute approximate surface area is 101 Å². The molecule has 1 rings (SSSR count). The first kappa shape index (κ1) is 13.2. The largest absolute Gasteiger partial charge is 0.461 e. The van der Waals surface area contributed by atoms with Crippen LogP contribution in [0.3, 0.4) is 0 Å². The van der Waals surface area contributed by atoms with Gasteiger partial charge in [-0.25, -0.2) is 0 Å². The third kappa shape index (κ3) is 4.64. The molecule has 0 amide bonds. The number of Topliss-reactive ketones (excluding diaryl/α,β-unsaturated/α-hetero) is 1. The molecule has 1 aromatic carbocycles. The molecule has 90 valence electrons. The Morgan fingerprint density at radius 2 is 1.88 bits per heavy atom.